The Morgan fingerprint density at radius 3 is 2.79 bits per heavy atom. The number of nitrogens with zero attached hydrogens (tertiary/aromatic N) is 1. The number of benzene rings is 1. The van der Waals surface area contributed by atoms with Crippen molar-refractivity contribution in [1.82, 2.24) is 10.2 Å². The van der Waals surface area contributed by atoms with Gasteiger partial charge in [0.2, 0.25) is 5.91 Å². The summed E-state index contributed by atoms with van der Waals surface area (Å²) in [6, 6.07) is 7.23. The lowest BCUT2D eigenvalue weighted by atomic mass is 10.2. The molecule has 0 radical (unpaired) electrons. The molecule has 2 rings (SSSR count). The number of urea groups is 1. The Labute approximate surface area is 111 Å². The molecule has 1 saturated heterocycles. The van der Waals surface area contributed by atoms with Gasteiger partial charge in [-0.2, -0.15) is 0 Å². The molecule has 0 spiro atoms. The smallest absolute Gasteiger partial charge is 0.324 e. The van der Waals surface area contributed by atoms with Gasteiger partial charge < -0.3 is 15.8 Å². The van der Waals surface area contributed by atoms with Gasteiger partial charge in [0, 0.05) is 18.7 Å². The molecular formula is C13H17N3O3. The molecule has 19 heavy (non-hydrogen) atoms. The number of ether oxygens (including phenoxy) is 1. The first kappa shape index (κ1) is 13.4. The predicted molar refractivity (Wildman–Crippen MR) is 69.6 cm³/mol. The molecule has 1 aliphatic heterocycles. The fourth-order valence-electron chi connectivity index (χ4n) is 1.90. The highest BCUT2D eigenvalue weighted by Gasteiger charge is 2.27. The van der Waals surface area contributed by atoms with E-state index >= 15 is 0 Å². The van der Waals surface area contributed by atoms with Crippen molar-refractivity contribution in [2.75, 3.05) is 19.7 Å². The SMILES string of the molecule is NCc1ccccc1OCCCN1C(=O)CNC1=O. The molecule has 0 atom stereocenters. The number of carbonyl (C=O) groups is 2. The zero-order valence-corrected chi connectivity index (χ0v) is 10.6. The van der Waals surface area contributed by atoms with Gasteiger partial charge in [-0.05, 0) is 12.5 Å². The van der Waals surface area contributed by atoms with Crippen molar-refractivity contribution in [3.05, 3.63) is 29.8 Å². The average molecular weight is 263 g/mol. The fourth-order valence-corrected chi connectivity index (χ4v) is 1.90. The molecule has 1 aromatic rings. The van der Waals surface area contributed by atoms with Crippen LogP contribution in [0.2, 0.25) is 0 Å². The van der Waals surface area contributed by atoms with E-state index in [2.05, 4.69) is 5.32 Å². The molecule has 0 aliphatic carbocycles. The second-order valence-corrected chi connectivity index (χ2v) is 4.22. The van der Waals surface area contributed by atoms with Gasteiger partial charge in [-0.15, -0.1) is 0 Å². The number of hydrogen-bond donors (Lipinski definition) is 2. The van der Waals surface area contributed by atoms with E-state index in [1.807, 2.05) is 24.3 Å². The number of amides is 3. The topological polar surface area (TPSA) is 84.7 Å². The van der Waals surface area contributed by atoms with Crippen molar-refractivity contribution < 1.29 is 14.3 Å². The maximum Gasteiger partial charge on any atom is 0.324 e. The van der Waals surface area contributed by atoms with Gasteiger partial charge in [-0.25, -0.2) is 4.79 Å². The second kappa shape index (κ2) is 6.19. The molecule has 1 aromatic carbocycles. The first-order chi connectivity index (χ1) is 9.22. The molecule has 0 unspecified atom stereocenters. The van der Waals surface area contributed by atoms with Crippen molar-refractivity contribution in [1.29, 1.82) is 0 Å². The highest BCUT2D eigenvalue weighted by molar-refractivity contribution is 6.01. The van der Waals surface area contributed by atoms with Crippen LogP contribution >= 0.6 is 0 Å². The zero-order chi connectivity index (χ0) is 13.7. The third-order valence-corrected chi connectivity index (χ3v) is 2.91. The molecule has 3 amide bonds. The summed E-state index contributed by atoms with van der Waals surface area (Å²) in [5, 5.41) is 2.48. The maximum atomic E-state index is 11.3. The molecule has 6 heteroatoms. The van der Waals surface area contributed by atoms with Crippen LogP contribution in [0.25, 0.3) is 0 Å². The minimum absolute atomic E-state index is 0.0930. The number of imide groups is 1. The zero-order valence-electron chi connectivity index (χ0n) is 10.6. The summed E-state index contributed by atoms with van der Waals surface area (Å²) >= 11 is 0. The summed E-state index contributed by atoms with van der Waals surface area (Å²) in [5.41, 5.74) is 6.55. The highest BCUT2D eigenvalue weighted by Crippen LogP contribution is 2.17. The third kappa shape index (κ3) is 3.23. The number of rotatable bonds is 6. The van der Waals surface area contributed by atoms with Crippen LogP contribution < -0.4 is 15.8 Å². The van der Waals surface area contributed by atoms with Crippen molar-refractivity contribution in [2.24, 2.45) is 5.73 Å². The van der Waals surface area contributed by atoms with Crippen LogP contribution in [0.5, 0.6) is 5.75 Å². The van der Waals surface area contributed by atoms with E-state index in [1.165, 1.54) is 4.90 Å². The molecule has 0 aromatic heterocycles. The Hall–Kier alpha value is -2.08. The summed E-state index contributed by atoms with van der Waals surface area (Å²) in [7, 11) is 0. The van der Waals surface area contributed by atoms with Crippen molar-refractivity contribution in [2.45, 2.75) is 13.0 Å². The molecule has 1 aliphatic rings. The van der Waals surface area contributed by atoms with Crippen LogP contribution in [0.1, 0.15) is 12.0 Å². The standard InChI is InChI=1S/C13H17N3O3/c14-8-10-4-1-2-5-11(10)19-7-3-6-16-12(17)9-15-13(16)18/h1-2,4-5H,3,6-9,14H2,(H,15,18). The number of para-hydroxylation sites is 1. The van der Waals surface area contributed by atoms with Gasteiger partial charge in [0.15, 0.2) is 0 Å². The summed E-state index contributed by atoms with van der Waals surface area (Å²) in [6.45, 7) is 1.32. The van der Waals surface area contributed by atoms with E-state index in [9.17, 15) is 9.59 Å². The minimum Gasteiger partial charge on any atom is -0.493 e. The Balaban J connectivity index is 1.78. The number of hydrogen-bond acceptors (Lipinski definition) is 4. The van der Waals surface area contributed by atoms with Gasteiger partial charge in [0.25, 0.3) is 0 Å². The Bertz CT molecular complexity index is 460. The number of nitrogens with two attached hydrogens (primary N) is 1. The molecule has 1 heterocycles. The molecule has 0 saturated carbocycles. The minimum atomic E-state index is -0.327. The van der Waals surface area contributed by atoms with Crippen LogP contribution in [-0.2, 0) is 11.3 Å². The quantitative estimate of drug-likeness (QED) is 0.577. The second-order valence-electron chi connectivity index (χ2n) is 4.22. The molecule has 0 bridgehead atoms. The van der Waals surface area contributed by atoms with Gasteiger partial charge in [0.1, 0.15) is 5.75 Å². The van der Waals surface area contributed by atoms with E-state index in [0.29, 0.717) is 26.1 Å². The number of nitrogens with one attached hydrogen (secondary N) is 1. The summed E-state index contributed by atoms with van der Waals surface area (Å²) in [5.74, 6) is 0.564. The average Bonchev–Trinajstić information content (AvgIpc) is 2.75. The summed E-state index contributed by atoms with van der Waals surface area (Å²) < 4.78 is 5.61. The van der Waals surface area contributed by atoms with E-state index in [1.54, 1.807) is 0 Å². The van der Waals surface area contributed by atoms with Crippen LogP contribution in [0.15, 0.2) is 24.3 Å². The highest BCUT2D eigenvalue weighted by atomic mass is 16.5. The lowest BCUT2D eigenvalue weighted by Crippen LogP contribution is -2.32. The molecule has 6 nitrogen and oxygen atoms in total. The van der Waals surface area contributed by atoms with E-state index < -0.39 is 0 Å². The molecule has 3 N–H and O–H groups in total. The van der Waals surface area contributed by atoms with Crippen LogP contribution in [0.3, 0.4) is 0 Å². The summed E-state index contributed by atoms with van der Waals surface area (Å²) in [4.78, 5) is 23.8. The van der Waals surface area contributed by atoms with Gasteiger partial charge in [-0.1, -0.05) is 18.2 Å². The normalized spacial score (nSPS) is 14.7. The van der Waals surface area contributed by atoms with E-state index in [0.717, 1.165) is 11.3 Å². The van der Waals surface area contributed by atoms with Crippen molar-refractivity contribution in [3.8, 4) is 5.75 Å². The van der Waals surface area contributed by atoms with Crippen molar-refractivity contribution >= 4 is 11.9 Å². The third-order valence-electron chi connectivity index (χ3n) is 2.91. The van der Waals surface area contributed by atoms with Crippen LogP contribution in [0, 0.1) is 0 Å². The number of carbonyl (C=O) groups excluding carboxylic acids is 2. The molecule has 1 fully saturated rings. The predicted octanol–water partition coefficient (Wildman–Crippen LogP) is 0.466. The Morgan fingerprint density at radius 2 is 2.11 bits per heavy atom. The van der Waals surface area contributed by atoms with Gasteiger partial charge in [-0.3, -0.25) is 9.69 Å². The first-order valence-electron chi connectivity index (χ1n) is 6.21. The lowest BCUT2D eigenvalue weighted by Gasteiger charge is -2.13. The Kier molecular flexibility index (Phi) is 4.35. The molecule has 102 valence electrons. The Morgan fingerprint density at radius 1 is 1.32 bits per heavy atom. The van der Waals surface area contributed by atoms with Gasteiger partial charge >= 0.3 is 6.03 Å². The van der Waals surface area contributed by atoms with Crippen LogP contribution in [-0.4, -0.2) is 36.5 Å². The van der Waals surface area contributed by atoms with E-state index in [-0.39, 0.29) is 18.5 Å². The maximum absolute atomic E-state index is 11.3. The largest absolute Gasteiger partial charge is 0.493 e. The first-order valence-corrected chi connectivity index (χ1v) is 6.21. The monoisotopic (exact) mass is 263 g/mol. The van der Waals surface area contributed by atoms with Gasteiger partial charge in [0.05, 0.1) is 13.2 Å². The lowest BCUT2D eigenvalue weighted by molar-refractivity contribution is -0.125. The van der Waals surface area contributed by atoms with E-state index in [4.69, 9.17) is 10.5 Å². The fraction of sp³-hybridized carbons (Fsp3) is 0.385. The van der Waals surface area contributed by atoms with Crippen LogP contribution in [0.4, 0.5) is 4.79 Å². The summed E-state index contributed by atoms with van der Waals surface area (Å²) in [6.07, 6.45) is 0.595. The van der Waals surface area contributed by atoms with Crippen molar-refractivity contribution in [3.63, 3.8) is 0 Å². The molecular weight excluding hydrogens is 246 g/mol.